The van der Waals surface area contributed by atoms with Crippen molar-refractivity contribution < 1.29 is 211 Å². The second-order valence-electron chi connectivity index (χ2n) is 0. The molecule has 0 fully saturated rings. The minimum Gasteiger partial charge on any atom is 0 e. The summed E-state index contributed by atoms with van der Waals surface area (Å²) in [5.41, 5.74) is 0. The third-order valence-corrected chi connectivity index (χ3v) is 0. The van der Waals surface area contributed by atoms with Gasteiger partial charge in [-0.15, -0.1) is 0 Å². The summed E-state index contributed by atoms with van der Waals surface area (Å²) in [5.74, 6) is 0. The fraction of sp³-hybridized carbons (Fsp3) is 0. The van der Waals surface area contributed by atoms with Gasteiger partial charge >= 0.3 is 0 Å². The van der Waals surface area contributed by atoms with E-state index in [9.17, 15) is 0 Å². The van der Waals surface area contributed by atoms with Gasteiger partial charge in [-0.3, -0.25) is 0 Å². The first-order valence-corrected chi connectivity index (χ1v) is 0. The summed E-state index contributed by atoms with van der Waals surface area (Å²) in [6, 6.07) is 0. The van der Waals surface area contributed by atoms with E-state index in [-0.39, 0.29) is 211 Å². The van der Waals surface area contributed by atoms with E-state index in [4.69, 9.17) is 0 Å². The maximum atomic E-state index is 0. The van der Waals surface area contributed by atoms with Gasteiger partial charge < -0.3 is 0 Å². The minimum atomic E-state index is 0. The molecule has 0 rings (SSSR count). The Morgan fingerprint density at radius 1 is 0.100 bits per heavy atom. The molecule has 0 atom stereocenters. The van der Waals surface area contributed by atoms with Crippen molar-refractivity contribution in [3.05, 3.63) is 0 Å². The average molecular weight is 1950 g/mol. The molecule has 10 heavy (non-hydrogen) atoms. The Hall–Kier alpha value is 6.88. The van der Waals surface area contributed by atoms with Crippen LogP contribution < -0.4 is 0 Å². The topological polar surface area (TPSA) is 0 Å². The van der Waals surface area contributed by atoms with Crippen molar-refractivity contribution in [1.29, 1.82) is 0 Å². The number of rotatable bonds is 0. The van der Waals surface area contributed by atoms with Crippen molar-refractivity contribution in [2.75, 3.05) is 0 Å². The van der Waals surface area contributed by atoms with Crippen LogP contribution in [-0.4, -0.2) is 0 Å². The summed E-state index contributed by atoms with van der Waals surface area (Å²) in [7, 11) is 0. The fourth-order valence-corrected chi connectivity index (χ4v) is 0. The molecular weight excluding hydrogens is 1950 g/mol. The van der Waals surface area contributed by atoms with E-state index in [0.717, 1.165) is 0 Å². The van der Waals surface area contributed by atoms with E-state index in [1.54, 1.807) is 0 Å². The Balaban J connectivity index is 0. The quantitative estimate of drug-likeness (QED) is 0.321. The van der Waals surface area contributed by atoms with Crippen LogP contribution in [-0.2, 0) is 211 Å². The molecule has 0 aromatic carbocycles. The summed E-state index contributed by atoms with van der Waals surface area (Å²) >= 11 is 0. The molecule has 0 saturated carbocycles. The second kappa shape index (κ2) is 74.3. The smallest absolute Gasteiger partial charge is 0 e. The van der Waals surface area contributed by atoms with Crippen molar-refractivity contribution in [2.24, 2.45) is 0 Å². The third-order valence-electron chi connectivity index (χ3n) is 0. The van der Waals surface area contributed by atoms with Crippen molar-refractivity contribution in [1.82, 2.24) is 0 Å². The van der Waals surface area contributed by atoms with E-state index in [2.05, 4.69) is 0 Å². The molecule has 0 saturated heterocycles. The van der Waals surface area contributed by atoms with Gasteiger partial charge in [0.15, 0.2) is 0 Å². The summed E-state index contributed by atoms with van der Waals surface area (Å²) < 4.78 is 0. The van der Waals surface area contributed by atoms with Gasteiger partial charge in [-0.1, -0.05) is 0 Å². The van der Waals surface area contributed by atoms with Crippen LogP contribution >= 0.6 is 0 Å². The SMILES string of the molecule is [Pt].[Pt].[Pt].[Pt].[Pt].[Pt].[Pt].[Pt].[Pt].[Pt]. The normalized spacial score (nSPS) is 0. The zero-order valence-corrected chi connectivity index (χ0v) is 25.9. The average Bonchev–Trinajstić information content (AvgIpc) is 0. The molecule has 10 heteroatoms. The van der Waals surface area contributed by atoms with Gasteiger partial charge in [-0.2, -0.15) is 0 Å². The van der Waals surface area contributed by atoms with Crippen LogP contribution in [0.5, 0.6) is 0 Å². The Morgan fingerprint density at radius 3 is 0.100 bits per heavy atom. The van der Waals surface area contributed by atoms with Gasteiger partial charge in [0.25, 0.3) is 0 Å². The molecule has 0 amide bonds. The molecule has 0 aliphatic heterocycles. The molecule has 100 valence electrons. The van der Waals surface area contributed by atoms with Crippen molar-refractivity contribution >= 4 is 0 Å². The predicted molar refractivity (Wildman–Crippen MR) is 0 cm³/mol. The van der Waals surface area contributed by atoms with Crippen LogP contribution in [0.1, 0.15) is 0 Å². The first-order chi connectivity index (χ1) is 0. The molecule has 0 nitrogen and oxygen atoms in total. The maximum Gasteiger partial charge on any atom is 0 e. The molecule has 0 aliphatic carbocycles. The van der Waals surface area contributed by atoms with Crippen LogP contribution in [0, 0.1) is 0 Å². The van der Waals surface area contributed by atoms with Crippen molar-refractivity contribution in [3.8, 4) is 0 Å². The molecule has 0 spiro atoms. The largest absolute Gasteiger partial charge is 0 e. The van der Waals surface area contributed by atoms with Gasteiger partial charge in [0, 0.05) is 211 Å². The molecule has 0 heterocycles. The van der Waals surface area contributed by atoms with Crippen LogP contribution in [0.4, 0.5) is 0 Å². The van der Waals surface area contributed by atoms with Crippen LogP contribution in [0.3, 0.4) is 0 Å². The second-order valence-corrected chi connectivity index (χ2v) is 0. The van der Waals surface area contributed by atoms with E-state index in [0.29, 0.717) is 0 Å². The Bertz CT molecular complexity index is 0. The first kappa shape index (κ1) is 89.9. The predicted octanol–water partition coefficient (Wildman–Crippen LogP) is -0.0250. The van der Waals surface area contributed by atoms with Crippen LogP contribution in [0.2, 0.25) is 0 Å². The van der Waals surface area contributed by atoms with E-state index < -0.39 is 0 Å². The van der Waals surface area contributed by atoms with Crippen LogP contribution in [0.25, 0.3) is 0 Å². The van der Waals surface area contributed by atoms with Crippen molar-refractivity contribution in [2.45, 2.75) is 0 Å². The molecule has 0 aromatic rings. The monoisotopic (exact) mass is 1950 g/mol. The third kappa shape index (κ3) is 60.5. The first-order valence-electron chi connectivity index (χ1n) is 0. The number of hydrogen-bond acceptors (Lipinski definition) is 0. The summed E-state index contributed by atoms with van der Waals surface area (Å²) in [4.78, 5) is 0. The summed E-state index contributed by atoms with van der Waals surface area (Å²) in [6.07, 6.45) is 0. The van der Waals surface area contributed by atoms with Gasteiger partial charge in [0.05, 0.1) is 0 Å². The Labute approximate surface area is 205 Å². The van der Waals surface area contributed by atoms with Gasteiger partial charge in [0.1, 0.15) is 0 Å². The summed E-state index contributed by atoms with van der Waals surface area (Å²) in [6.45, 7) is 0. The standard InChI is InChI=1S/10Pt. The van der Waals surface area contributed by atoms with Gasteiger partial charge in [-0.05, 0) is 0 Å². The van der Waals surface area contributed by atoms with Crippen LogP contribution in [0.15, 0.2) is 0 Å². The zero-order chi connectivity index (χ0) is 0. The number of hydrogen-bond donors (Lipinski definition) is 0. The maximum absolute atomic E-state index is 0. The van der Waals surface area contributed by atoms with E-state index >= 15 is 0 Å². The molecule has 0 aliphatic rings. The molecule has 0 unspecified atom stereocenters. The molecule has 0 radical (unpaired) electrons. The molecule has 0 bridgehead atoms. The van der Waals surface area contributed by atoms with E-state index in [1.165, 1.54) is 0 Å². The van der Waals surface area contributed by atoms with Gasteiger partial charge in [0.2, 0.25) is 0 Å². The van der Waals surface area contributed by atoms with Crippen molar-refractivity contribution in [3.63, 3.8) is 0 Å². The van der Waals surface area contributed by atoms with E-state index in [1.807, 2.05) is 0 Å². The molecule has 0 aromatic heterocycles. The Kier molecular flexibility index (Phi) is 668. The molecular formula is Pt10. The van der Waals surface area contributed by atoms with Gasteiger partial charge in [-0.25, -0.2) is 0 Å². The zero-order valence-electron chi connectivity index (χ0n) is 3.16. The Morgan fingerprint density at radius 2 is 0.100 bits per heavy atom. The fourth-order valence-electron chi connectivity index (χ4n) is 0. The minimum absolute atomic E-state index is 0. The summed E-state index contributed by atoms with van der Waals surface area (Å²) in [5, 5.41) is 0. The molecule has 0 N–H and O–H groups in total.